The molecule has 0 aliphatic heterocycles. The highest BCUT2D eigenvalue weighted by atomic mass is 79.9. The lowest BCUT2D eigenvalue weighted by atomic mass is 9.88. The fraction of sp³-hybridized carbons (Fsp3) is 0.423. The van der Waals surface area contributed by atoms with Crippen LogP contribution in [0, 0.1) is 11.8 Å². The van der Waals surface area contributed by atoms with Gasteiger partial charge in [0.2, 0.25) is 5.91 Å². The average Bonchev–Trinajstić information content (AvgIpc) is 2.84. The monoisotopic (exact) mass is 529 g/mol. The van der Waals surface area contributed by atoms with Crippen molar-refractivity contribution < 1.29 is 19.1 Å². The first kappa shape index (κ1) is 25.7. The molecule has 7 nitrogen and oxygen atoms in total. The molecule has 1 fully saturated rings. The molecule has 3 rings (SSSR count). The fourth-order valence-electron chi connectivity index (χ4n) is 3.74. The van der Waals surface area contributed by atoms with E-state index in [1.54, 1.807) is 42.5 Å². The predicted octanol–water partition coefficient (Wildman–Crippen LogP) is 5.47. The molecule has 2 aromatic rings. The molecule has 182 valence electrons. The van der Waals surface area contributed by atoms with Gasteiger partial charge in [-0.1, -0.05) is 33.1 Å². The lowest BCUT2D eigenvalue weighted by Crippen LogP contribution is -2.41. The van der Waals surface area contributed by atoms with Gasteiger partial charge in [0.15, 0.2) is 0 Å². The molecule has 1 aliphatic rings. The Morgan fingerprint density at radius 3 is 2.18 bits per heavy atom. The molecule has 3 amide bonds. The molecule has 0 aromatic heterocycles. The van der Waals surface area contributed by atoms with Crippen LogP contribution in [0.2, 0.25) is 0 Å². The van der Waals surface area contributed by atoms with Gasteiger partial charge in [-0.15, -0.1) is 0 Å². The van der Waals surface area contributed by atoms with E-state index in [4.69, 9.17) is 4.74 Å². The summed E-state index contributed by atoms with van der Waals surface area (Å²) >= 11 is 3.43. The summed E-state index contributed by atoms with van der Waals surface area (Å²) < 4.78 is 6.40. The Balaban J connectivity index is 1.48. The summed E-state index contributed by atoms with van der Waals surface area (Å²) in [6.45, 7) is 4.86. The van der Waals surface area contributed by atoms with Gasteiger partial charge in [0.1, 0.15) is 5.75 Å². The van der Waals surface area contributed by atoms with E-state index in [9.17, 15) is 14.4 Å². The number of ether oxygens (including phenoxy) is 1. The van der Waals surface area contributed by atoms with Crippen LogP contribution in [0.4, 0.5) is 5.69 Å². The first-order valence-electron chi connectivity index (χ1n) is 11.8. The number of amides is 3. The number of rotatable bonds is 8. The quantitative estimate of drug-likeness (QED) is 0.395. The Kier molecular flexibility index (Phi) is 9.51. The van der Waals surface area contributed by atoms with E-state index in [1.165, 1.54) is 6.42 Å². The van der Waals surface area contributed by atoms with Crippen molar-refractivity contribution >= 4 is 39.3 Å². The first-order chi connectivity index (χ1) is 16.3. The van der Waals surface area contributed by atoms with Gasteiger partial charge in [0, 0.05) is 22.7 Å². The van der Waals surface area contributed by atoms with Crippen molar-refractivity contribution in [3.05, 3.63) is 58.1 Å². The van der Waals surface area contributed by atoms with Crippen molar-refractivity contribution in [3.8, 4) is 5.75 Å². The number of hydrazine groups is 1. The van der Waals surface area contributed by atoms with Gasteiger partial charge in [0.25, 0.3) is 11.8 Å². The molecule has 0 heterocycles. The van der Waals surface area contributed by atoms with Crippen LogP contribution in [0.5, 0.6) is 5.75 Å². The van der Waals surface area contributed by atoms with Gasteiger partial charge in [-0.3, -0.25) is 25.2 Å². The highest BCUT2D eigenvalue weighted by Crippen LogP contribution is 2.27. The Bertz CT molecular complexity index is 1000. The van der Waals surface area contributed by atoms with E-state index in [0.29, 0.717) is 39.6 Å². The number of hydrogen-bond donors (Lipinski definition) is 3. The van der Waals surface area contributed by atoms with E-state index < -0.39 is 11.8 Å². The SMILES string of the molecule is CC(C)CCOc1ccc(C(=O)NNC(=O)c2ccc(NC(=O)C3CCCCC3)cc2)cc1Br. The maximum absolute atomic E-state index is 12.4. The van der Waals surface area contributed by atoms with Crippen LogP contribution in [0.25, 0.3) is 0 Å². The maximum Gasteiger partial charge on any atom is 0.269 e. The minimum atomic E-state index is -0.453. The standard InChI is InChI=1S/C26H32BrN3O4/c1-17(2)14-15-34-23-13-10-20(16-22(23)27)26(33)30-29-25(32)19-8-11-21(12-9-19)28-24(31)18-6-4-3-5-7-18/h8-13,16-18H,3-7,14-15H2,1-2H3,(H,28,31)(H,29,32)(H,30,33). The molecule has 1 aliphatic carbocycles. The number of nitrogens with one attached hydrogen (secondary N) is 3. The Labute approximate surface area is 209 Å². The third-order valence-corrected chi connectivity index (χ3v) is 6.45. The summed E-state index contributed by atoms with van der Waals surface area (Å²) in [4.78, 5) is 37.2. The van der Waals surface area contributed by atoms with Crippen molar-refractivity contribution in [2.75, 3.05) is 11.9 Å². The smallest absolute Gasteiger partial charge is 0.269 e. The molecule has 34 heavy (non-hydrogen) atoms. The molecule has 8 heteroatoms. The second-order valence-electron chi connectivity index (χ2n) is 8.99. The fourth-order valence-corrected chi connectivity index (χ4v) is 4.23. The largest absolute Gasteiger partial charge is 0.492 e. The first-order valence-corrected chi connectivity index (χ1v) is 12.6. The maximum atomic E-state index is 12.4. The molecule has 2 aromatic carbocycles. The van der Waals surface area contributed by atoms with Gasteiger partial charge >= 0.3 is 0 Å². The van der Waals surface area contributed by atoms with E-state index in [0.717, 1.165) is 32.1 Å². The second kappa shape index (κ2) is 12.6. The Morgan fingerprint density at radius 2 is 1.56 bits per heavy atom. The van der Waals surface area contributed by atoms with Crippen LogP contribution >= 0.6 is 15.9 Å². The third-order valence-electron chi connectivity index (χ3n) is 5.83. The molecular formula is C26H32BrN3O4. The van der Waals surface area contributed by atoms with Crippen molar-refractivity contribution in [3.63, 3.8) is 0 Å². The number of hydrogen-bond acceptors (Lipinski definition) is 4. The molecule has 0 atom stereocenters. The highest BCUT2D eigenvalue weighted by molar-refractivity contribution is 9.10. The zero-order valence-corrected chi connectivity index (χ0v) is 21.2. The second-order valence-corrected chi connectivity index (χ2v) is 9.84. The van der Waals surface area contributed by atoms with Crippen LogP contribution < -0.4 is 20.9 Å². The Hall–Kier alpha value is -2.87. The van der Waals surface area contributed by atoms with Crippen molar-refractivity contribution in [1.29, 1.82) is 0 Å². The zero-order valence-electron chi connectivity index (χ0n) is 19.7. The topological polar surface area (TPSA) is 96.5 Å². The van der Waals surface area contributed by atoms with E-state index in [-0.39, 0.29) is 11.8 Å². The summed E-state index contributed by atoms with van der Waals surface area (Å²) in [5, 5.41) is 2.92. The summed E-state index contributed by atoms with van der Waals surface area (Å²) in [5.41, 5.74) is 6.23. The van der Waals surface area contributed by atoms with Crippen LogP contribution in [0.3, 0.4) is 0 Å². The predicted molar refractivity (Wildman–Crippen MR) is 136 cm³/mol. The lowest BCUT2D eigenvalue weighted by molar-refractivity contribution is -0.120. The van der Waals surface area contributed by atoms with E-state index >= 15 is 0 Å². The zero-order chi connectivity index (χ0) is 24.5. The van der Waals surface area contributed by atoms with Gasteiger partial charge in [0.05, 0.1) is 11.1 Å². The van der Waals surface area contributed by atoms with Crippen molar-refractivity contribution in [2.45, 2.75) is 52.4 Å². The van der Waals surface area contributed by atoms with Crippen LogP contribution in [-0.2, 0) is 4.79 Å². The molecule has 1 saturated carbocycles. The van der Waals surface area contributed by atoms with E-state index in [2.05, 4.69) is 45.9 Å². The van der Waals surface area contributed by atoms with E-state index in [1.807, 2.05) is 0 Å². The molecule has 0 radical (unpaired) electrons. The van der Waals surface area contributed by atoms with Crippen LogP contribution in [0.1, 0.15) is 73.1 Å². The van der Waals surface area contributed by atoms with Crippen molar-refractivity contribution in [1.82, 2.24) is 10.9 Å². The molecule has 0 bridgehead atoms. The molecular weight excluding hydrogens is 498 g/mol. The van der Waals surface area contributed by atoms with Gasteiger partial charge in [-0.05, 0) is 83.6 Å². The number of halogens is 1. The lowest BCUT2D eigenvalue weighted by Gasteiger charge is -2.20. The molecule has 0 saturated heterocycles. The highest BCUT2D eigenvalue weighted by Gasteiger charge is 2.21. The number of anilines is 1. The van der Waals surface area contributed by atoms with Crippen molar-refractivity contribution in [2.24, 2.45) is 11.8 Å². The number of benzene rings is 2. The minimum absolute atomic E-state index is 0.0340. The molecule has 3 N–H and O–H groups in total. The summed E-state index contributed by atoms with van der Waals surface area (Å²) in [5.74, 6) is 0.408. The number of carbonyl (C=O) groups excluding carboxylic acids is 3. The Morgan fingerprint density at radius 1 is 0.941 bits per heavy atom. The normalized spacial score (nSPS) is 13.9. The van der Waals surface area contributed by atoms with Crippen LogP contribution in [0.15, 0.2) is 46.9 Å². The van der Waals surface area contributed by atoms with Crippen LogP contribution in [-0.4, -0.2) is 24.3 Å². The average molecular weight is 530 g/mol. The van der Waals surface area contributed by atoms with Gasteiger partial charge in [-0.2, -0.15) is 0 Å². The molecule has 0 unspecified atom stereocenters. The van der Waals surface area contributed by atoms with Gasteiger partial charge < -0.3 is 10.1 Å². The summed E-state index contributed by atoms with van der Waals surface area (Å²) in [6, 6.07) is 11.6. The minimum Gasteiger partial charge on any atom is -0.492 e. The third kappa shape index (κ3) is 7.58. The van der Waals surface area contributed by atoms with Gasteiger partial charge in [-0.25, -0.2) is 0 Å². The number of carbonyl (C=O) groups is 3. The molecule has 0 spiro atoms. The summed E-state index contributed by atoms with van der Waals surface area (Å²) in [6.07, 6.45) is 6.17. The summed E-state index contributed by atoms with van der Waals surface area (Å²) in [7, 11) is 0.